The molecule has 3 rings (SSSR count). The van der Waals surface area contributed by atoms with Crippen LogP contribution in [0.1, 0.15) is 26.5 Å². The molecule has 1 aromatic heterocycles. The molecule has 0 fully saturated rings. The highest BCUT2D eigenvalue weighted by Crippen LogP contribution is 2.15. The van der Waals surface area contributed by atoms with Gasteiger partial charge in [0, 0.05) is 31.0 Å². The van der Waals surface area contributed by atoms with E-state index in [1.165, 1.54) is 36.4 Å². The van der Waals surface area contributed by atoms with Crippen LogP contribution in [-0.2, 0) is 17.7 Å². The number of thiazole rings is 1. The van der Waals surface area contributed by atoms with Gasteiger partial charge in [0.15, 0.2) is 12.2 Å². The average Bonchev–Trinajstić information content (AvgIpc) is 3.03. The Morgan fingerprint density at radius 3 is 2.45 bits per heavy atom. The van der Waals surface area contributed by atoms with E-state index in [-0.39, 0.29) is 36.1 Å². The second-order valence-corrected chi connectivity index (χ2v) is 7.12. The van der Waals surface area contributed by atoms with Gasteiger partial charge in [-0.3, -0.25) is 10.1 Å². The van der Waals surface area contributed by atoms with Crippen LogP contribution >= 0.6 is 11.3 Å². The number of aromatic nitrogens is 1. The third-order valence-electron chi connectivity index (χ3n) is 4.30. The Hall–Kier alpha value is -2.84. The van der Waals surface area contributed by atoms with E-state index in [0.29, 0.717) is 13.0 Å². The lowest BCUT2D eigenvalue weighted by atomic mass is 10.2. The molecule has 2 aromatic carbocycles. The molecule has 0 atom stereocenters. The van der Waals surface area contributed by atoms with Gasteiger partial charge in [0.05, 0.1) is 22.0 Å². The first-order valence-corrected chi connectivity index (χ1v) is 9.44. The molecule has 0 amide bonds. The fourth-order valence-corrected chi connectivity index (χ4v) is 3.65. The predicted molar refractivity (Wildman–Crippen MR) is 102 cm³/mol. The van der Waals surface area contributed by atoms with Gasteiger partial charge in [-0.2, -0.15) is 4.57 Å². The summed E-state index contributed by atoms with van der Waals surface area (Å²) in [6, 6.07) is 11.7. The zero-order valence-electron chi connectivity index (χ0n) is 15.5. The van der Waals surface area contributed by atoms with Crippen LogP contribution in [0.3, 0.4) is 0 Å². The van der Waals surface area contributed by atoms with E-state index in [9.17, 15) is 19.3 Å². The lowest BCUT2D eigenvalue weighted by Gasteiger charge is -2.04. The first kappa shape index (κ1) is 22.4. The third kappa shape index (κ3) is 5.82. The lowest BCUT2D eigenvalue weighted by Crippen LogP contribution is -3.00. The van der Waals surface area contributed by atoms with Crippen LogP contribution in [0.25, 0.3) is 0 Å². The highest BCUT2D eigenvalue weighted by molar-refractivity contribution is 7.09. The smallest absolute Gasteiger partial charge is 0.338 e. The number of halogens is 2. The van der Waals surface area contributed by atoms with Crippen molar-refractivity contribution in [3.8, 4) is 0 Å². The minimum absolute atomic E-state index is 0. The summed E-state index contributed by atoms with van der Waals surface area (Å²) in [6.07, 6.45) is 0.575. The predicted octanol–water partition coefficient (Wildman–Crippen LogP) is 0.843. The van der Waals surface area contributed by atoms with Gasteiger partial charge in [-0.1, -0.05) is 11.3 Å². The van der Waals surface area contributed by atoms with E-state index in [1.54, 1.807) is 23.5 Å². The summed E-state index contributed by atoms with van der Waals surface area (Å²) in [5.41, 5.74) is 4.27. The van der Waals surface area contributed by atoms with Crippen molar-refractivity contribution in [2.45, 2.75) is 19.9 Å². The van der Waals surface area contributed by atoms with Crippen molar-refractivity contribution in [2.24, 2.45) is 0 Å². The zero-order valence-corrected chi connectivity index (χ0v) is 17.1. The molecule has 0 aliphatic carbocycles. The van der Waals surface area contributed by atoms with Crippen molar-refractivity contribution >= 4 is 23.0 Å². The topological polar surface area (TPSA) is 73.3 Å². The minimum atomic E-state index is -0.518. The number of esters is 1. The quantitative estimate of drug-likeness (QED) is 0.238. The Labute approximate surface area is 177 Å². The van der Waals surface area contributed by atoms with E-state index in [2.05, 4.69) is 4.57 Å². The van der Waals surface area contributed by atoms with Crippen LogP contribution in [0.15, 0.2) is 54.0 Å². The van der Waals surface area contributed by atoms with Crippen LogP contribution in [0.4, 0.5) is 10.1 Å². The highest BCUT2D eigenvalue weighted by Gasteiger charge is 2.17. The van der Waals surface area contributed by atoms with Gasteiger partial charge >= 0.3 is 5.97 Å². The van der Waals surface area contributed by atoms with Gasteiger partial charge in [-0.25, -0.2) is 9.18 Å². The molecule has 0 aliphatic rings. The molecule has 9 heteroatoms. The van der Waals surface area contributed by atoms with Crippen LogP contribution in [0, 0.1) is 22.9 Å². The van der Waals surface area contributed by atoms with E-state index >= 15 is 0 Å². The molecule has 3 aromatic rings. The Bertz CT molecular complexity index is 991. The number of non-ortho nitro benzene ring substituents is 1. The third-order valence-corrected chi connectivity index (χ3v) is 5.44. The largest absolute Gasteiger partial charge is 1.00 e. The normalized spacial score (nSPS) is 10.3. The second kappa shape index (κ2) is 10.1. The molecule has 6 nitrogen and oxygen atoms in total. The average molecular weight is 437 g/mol. The van der Waals surface area contributed by atoms with Crippen molar-refractivity contribution in [2.75, 3.05) is 6.61 Å². The maximum absolute atomic E-state index is 13.0. The lowest BCUT2D eigenvalue weighted by molar-refractivity contribution is -0.689. The number of nitro benzene ring substituents is 1. The molecule has 0 bridgehead atoms. The number of ether oxygens (including phenoxy) is 1. The fourth-order valence-electron chi connectivity index (χ4n) is 2.67. The number of benzene rings is 2. The van der Waals surface area contributed by atoms with Gasteiger partial charge in [0.2, 0.25) is 5.51 Å². The number of hydrogen-bond donors (Lipinski definition) is 0. The first-order valence-electron chi connectivity index (χ1n) is 8.56. The molecular formula is C20H18ClFN2O4S. The van der Waals surface area contributed by atoms with Crippen LogP contribution in [0.5, 0.6) is 0 Å². The first-order chi connectivity index (χ1) is 13.4. The van der Waals surface area contributed by atoms with Gasteiger partial charge in [-0.15, -0.1) is 0 Å². The molecule has 152 valence electrons. The van der Waals surface area contributed by atoms with Gasteiger partial charge in [0.1, 0.15) is 5.82 Å². The van der Waals surface area contributed by atoms with E-state index in [1.807, 2.05) is 12.4 Å². The van der Waals surface area contributed by atoms with E-state index < -0.39 is 10.9 Å². The van der Waals surface area contributed by atoms with Crippen molar-refractivity contribution in [1.82, 2.24) is 0 Å². The monoisotopic (exact) mass is 436 g/mol. The fraction of sp³-hybridized carbons (Fsp3) is 0.200. The molecule has 29 heavy (non-hydrogen) atoms. The Balaban J connectivity index is 0.00000300. The molecule has 0 spiro atoms. The molecule has 0 unspecified atom stereocenters. The number of nitro groups is 1. The summed E-state index contributed by atoms with van der Waals surface area (Å²) in [5, 5.41) is 10.6. The highest BCUT2D eigenvalue weighted by atomic mass is 35.5. The number of nitrogens with zero attached hydrogens (tertiary/aromatic N) is 2. The maximum atomic E-state index is 13.0. The molecule has 0 aliphatic heterocycles. The summed E-state index contributed by atoms with van der Waals surface area (Å²) in [6.45, 7) is 2.85. The molecule has 0 N–H and O–H groups in total. The van der Waals surface area contributed by atoms with Crippen molar-refractivity contribution in [3.63, 3.8) is 0 Å². The van der Waals surface area contributed by atoms with E-state index in [4.69, 9.17) is 4.74 Å². The standard InChI is InChI=1S/C20H18FN2O4S.ClH/c1-14-19(28-13-22(14)12-15-2-6-17(21)7-3-15)10-11-27-20(24)16-4-8-18(9-5-16)23(25)26;/h2-9,13H,10-12H2,1H3;1H/q+1;/p-1. The maximum Gasteiger partial charge on any atom is 0.338 e. The Kier molecular flexibility index (Phi) is 7.81. The number of carbonyl (C=O) groups is 1. The Morgan fingerprint density at radius 2 is 1.83 bits per heavy atom. The second-order valence-electron chi connectivity index (χ2n) is 6.18. The van der Waals surface area contributed by atoms with Crippen molar-refractivity contribution < 1.29 is 35.8 Å². The van der Waals surface area contributed by atoms with Crippen LogP contribution in [-0.4, -0.2) is 17.5 Å². The number of hydrogen-bond acceptors (Lipinski definition) is 5. The molecular weight excluding hydrogens is 419 g/mol. The minimum Gasteiger partial charge on any atom is -1.00 e. The zero-order chi connectivity index (χ0) is 20.1. The van der Waals surface area contributed by atoms with Crippen LogP contribution < -0.4 is 17.0 Å². The number of carbonyl (C=O) groups excluding carboxylic acids is 1. The Morgan fingerprint density at radius 1 is 1.17 bits per heavy atom. The SMILES string of the molecule is Cc1c(CCOC(=O)c2ccc([N+](=O)[O-])cc2)sc[n+]1Cc1ccc(F)cc1.[Cl-]. The molecule has 0 radical (unpaired) electrons. The number of rotatable bonds is 7. The summed E-state index contributed by atoms with van der Waals surface area (Å²) in [5.74, 6) is -0.769. The summed E-state index contributed by atoms with van der Waals surface area (Å²) in [4.78, 5) is 23.3. The molecule has 1 heterocycles. The van der Waals surface area contributed by atoms with Crippen molar-refractivity contribution in [3.05, 3.63) is 91.7 Å². The van der Waals surface area contributed by atoms with E-state index in [0.717, 1.165) is 16.1 Å². The molecule has 0 saturated carbocycles. The summed E-state index contributed by atoms with van der Waals surface area (Å²) < 4.78 is 20.4. The van der Waals surface area contributed by atoms with Crippen LogP contribution in [0.2, 0.25) is 0 Å². The summed E-state index contributed by atoms with van der Waals surface area (Å²) >= 11 is 1.57. The molecule has 0 saturated heterocycles. The summed E-state index contributed by atoms with van der Waals surface area (Å²) in [7, 11) is 0. The van der Waals surface area contributed by atoms with Gasteiger partial charge < -0.3 is 17.1 Å². The van der Waals surface area contributed by atoms with Gasteiger partial charge in [-0.05, 0) is 36.4 Å². The van der Waals surface area contributed by atoms with Gasteiger partial charge in [0.25, 0.3) is 5.69 Å². The van der Waals surface area contributed by atoms with Crippen molar-refractivity contribution in [1.29, 1.82) is 0 Å².